The van der Waals surface area contributed by atoms with Crippen molar-refractivity contribution in [1.82, 2.24) is 0 Å². The summed E-state index contributed by atoms with van der Waals surface area (Å²) < 4.78 is 13.6. The zero-order chi connectivity index (χ0) is 17.7. The van der Waals surface area contributed by atoms with Gasteiger partial charge in [-0.25, -0.2) is 0 Å². The summed E-state index contributed by atoms with van der Waals surface area (Å²) in [6, 6.07) is 26.2. The second kappa shape index (κ2) is 6.01. The third-order valence-electron chi connectivity index (χ3n) is 5.98. The summed E-state index contributed by atoms with van der Waals surface area (Å²) in [6.07, 6.45) is 2.12. The fraction of sp³-hybridized carbons (Fsp3) is 0.250. The van der Waals surface area contributed by atoms with Crippen LogP contribution in [0.25, 0.3) is 0 Å². The Morgan fingerprint density at radius 3 is 1.62 bits per heavy atom. The molecule has 0 heterocycles. The Bertz CT molecular complexity index is 904. The van der Waals surface area contributed by atoms with E-state index >= 15 is 0 Å². The first-order chi connectivity index (χ1) is 12.8. The van der Waals surface area contributed by atoms with Crippen LogP contribution in [0.2, 0.25) is 5.32 Å². The zero-order valence-corrected chi connectivity index (χ0v) is 16.7. The van der Waals surface area contributed by atoms with E-state index in [1.165, 1.54) is 33.4 Å². The van der Waals surface area contributed by atoms with Gasteiger partial charge in [0.1, 0.15) is 0 Å². The van der Waals surface area contributed by atoms with Gasteiger partial charge in [-0.2, -0.15) is 0 Å². The molecule has 0 fully saturated rings. The maximum atomic E-state index is 14.0. The Morgan fingerprint density at radius 2 is 1.19 bits per heavy atom. The standard InChI is InChI=1S/C24H22OSe/c1-2-3-16-26(25)24-20-13-7-4-10-17(20)23(18-11-5-8-14-21(18)24)19-12-6-9-15-22(19)24/h4-15,23H,2-3,16H2,1H3. The van der Waals surface area contributed by atoms with E-state index < -0.39 is 18.1 Å². The summed E-state index contributed by atoms with van der Waals surface area (Å²) in [7, 11) is 0. The van der Waals surface area contributed by atoms with Gasteiger partial charge in [0.05, 0.1) is 0 Å². The molecule has 3 aliphatic rings. The molecule has 2 heteroatoms. The van der Waals surface area contributed by atoms with Crippen LogP contribution in [0, 0.1) is 0 Å². The average Bonchev–Trinajstić information content (AvgIpc) is 2.71. The summed E-state index contributed by atoms with van der Waals surface area (Å²) >= 11 is -2.19. The summed E-state index contributed by atoms with van der Waals surface area (Å²) in [4.78, 5) is 0. The molecule has 3 aromatic rings. The van der Waals surface area contributed by atoms with Crippen molar-refractivity contribution in [3.63, 3.8) is 0 Å². The minimum atomic E-state index is -2.19. The predicted octanol–water partition coefficient (Wildman–Crippen LogP) is 5.59. The molecule has 0 radical (unpaired) electrons. The van der Waals surface area contributed by atoms with Gasteiger partial charge in [0.2, 0.25) is 0 Å². The van der Waals surface area contributed by atoms with Crippen molar-refractivity contribution >= 4 is 13.8 Å². The Morgan fingerprint density at radius 1 is 0.769 bits per heavy atom. The molecule has 0 N–H and O–H groups in total. The van der Waals surface area contributed by atoms with Crippen LogP contribution < -0.4 is 0 Å². The molecule has 6 rings (SSSR count). The Kier molecular flexibility index (Phi) is 3.74. The molecule has 0 amide bonds. The number of hydrogen-bond donors (Lipinski definition) is 0. The van der Waals surface area contributed by atoms with Crippen LogP contribution in [-0.2, 0) is 8.15 Å². The molecule has 2 bridgehead atoms. The third kappa shape index (κ3) is 1.92. The van der Waals surface area contributed by atoms with Crippen LogP contribution in [-0.4, -0.2) is 13.8 Å². The van der Waals surface area contributed by atoms with Gasteiger partial charge in [-0.15, -0.1) is 0 Å². The summed E-state index contributed by atoms with van der Waals surface area (Å²) in [5.41, 5.74) is 7.93. The van der Waals surface area contributed by atoms with Crippen molar-refractivity contribution < 1.29 is 3.83 Å². The number of benzene rings is 3. The molecule has 0 aliphatic heterocycles. The average molecular weight is 405 g/mol. The molecule has 130 valence electrons. The topological polar surface area (TPSA) is 17.1 Å². The van der Waals surface area contributed by atoms with E-state index in [1.54, 1.807) is 0 Å². The van der Waals surface area contributed by atoms with E-state index in [-0.39, 0.29) is 5.92 Å². The molecule has 0 aromatic heterocycles. The molecule has 0 saturated heterocycles. The fourth-order valence-electron chi connectivity index (χ4n) is 4.94. The van der Waals surface area contributed by atoms with Crippen LogP contribution in [0.4, 0.5) is 0 Å². The molecule has 1 atom stereocenters. The van der Waals surface area contributed by atoms with E-state index in [0.717, 1.165) is 18.2 Å². The number of rotatable bonds is 4. The van der Waals surface area contributed by atoms with Crippen LogP contribution >= 0.6 is 0 Å². The van der Waals surface area contributed by atoms with Crippen molar-refractivity contribution in [3.8, 4) is 0 Å². The van der Waals surface area contributed by atoms with E-state index in [0.29, 0.717) is 0 Å². The molecule has 1 nitrogen and oxygen atoms in total. The second-order valence-corrected chi connectivity index (χ2v) is 10.9. The SMILES string of the molecule is CCCC[Se](=O)C12c3ccccc3C(c3ccccc31)c1ccccc12. The van der Waals surface area contributed by atoms with Gasteiger partial charge in [0.25, 0.3) is 0 Å². The molecule has 3 aromatic carbocycles. The van der Waals surface area contributed by atoms with Gasteiger partial charge >= 0.3 is 159 Å². The fourth-order valence-corrected chi connectivity index (χ4v) is 9.45. The van der Waals surface area contributed by atoms with Crippen LogP contribution in [0.5, 0.6) is 0 Å². The summed E-state index contributed by atoms with van der Waals surface area (Å²) in [5, 5.41) is 0.832. The van der Waals surface area contributed by atoms with Crippen LogP contribution in [0.15, 0.2) is 72.8 Å². The zero-order valence-electron chi connectivity index (χ0n) is 14.9. The molecule has 0 spiro atoms. The van der Waals surface area contributed by atoms with E-state index in [4.69, 9.17) is 0 Å². The molecular weight excluding hydrogens is 383 g/mol. The van der Waals surface area contributed by atoms with E-state index in [2.05, 4.69) is 79.7 Å². The quantitative estimate of drug-likeness (QED) is 0.517. The summed E-state index contributed by atoms with van der Waals surface area (Å²) in [5.74, 6) is 0.269. The molecular formula is C24H22OSe. The molecule has 1 unspecified atom stereocenters. The van der Waals surface area contributed by atoms with Gasteiger partial charge in [-0.05, 0) is 0 Å². The summed E-state index contributed by atoms with van der Waals surface area (Å²) in [6.45, 7) is 2.18. The Balaban J connectivity index is 1.91. The van der Waals surface area contributed by atoms with Gasteiger partial charge in [0.15, 0.2) is 0 Å². The Hall–Kier alpha value is -2.02. The van der Waals surface area contributed by atoms with Crippen LogP contribution in [0.1, 0.15) is 59.1 Å². The van der Waals surface area contributed by atoms with E-state index in [9.17, 15) is 3.83 Å². The molecule has 0 saturated carbocycles. The van der Waals surface area contributed by atoms with E-state index in [1.807, 2.05) is 0 Å². The molecule has 3 aliphatic carbocycles. The monoisotopic (exact) mass is 406 g/mol. The first-order valence-electron chi connectivity index (χ1n) is 9.46. The number of hydrogen-bond acceptors (Lipinski definition) is 1. The first-order valence-corrected chi connectivity index (χ1v) is 12.2. The van der Waals surface area contributed by atoms with Crippen molar-refractivity contribution in [2.75, 3.05) is 0 Å². The second-order valence-electron chi connectivity index (χ2n) is 7.28. The first kappa shape index (κ1) is 16.2. The van der Waals surface area contributed by atoms with Crippen molar-refractivity contribution in [1.29, 1.82) is 0 Å². The van der Waals surface area contributed by atoms with Gasteiger partial charge in [-0.1, -0.05) is 0 Å². The van der Waals surface area contributed by atoms with Crippen LogP contribution in [0.3, 0.4) is 0 Å². The van der Waals surface area contributed by atoms with Gasteiger partial charge < -0.3 is 0 Å². The van der Waals surface area contributed by atoms with Gasteiger partial charge in [-0.3, -0.25) is 0 Å². The minimum absolute atomic E-state index is 0.269. The Labute approximate surface area is 159 Å². The van der Waals surface area contributed by atoms with Crippen molar-refractivity contribution in [2.45, 2.75) is 35.3 Å². The third-order valence-corrected chi connectivity index (χ3v) is 10.2. The van der Waals surface area contributed by atoms with Gasteiger partial charge in [0, 0.05) is 0 Å². The maximum absolute atomic E-state index is 14.0. The normalized spacial score (nSPS) is 23.0. The van der Waals surface area contributed by atoms with Crippen molar-refractivity contribution in [2.24, 2.45) is 0 Å². The molecule has 26 heavy (non-hydrogen) atoms. The van der Waals surface area contributed by atoms with Crippen molar-refractivity contribution in [3.05, 3.63) is 106 Å². The number of unbranched alkanes of at least 4 members (excludes halogenated alkanes) is 1. The predicted molar refractivity (Wildman–Crippen MR) is 106 cm³/mol.